The highest BCUT2D eigenvalue weighted by atomic mass is 14.3. The van der Waals surface area contributed by atoms with Crippen LogP contribution < -0.4 is 0 Å². The van der Waals surface area contributed by atoms with Crippen molar-refractivity contribution in [3.63, 3.8) is 0 Å². The van der Waals surface area contributed by atoms with E-state index in [-0.39, 0.29) is 0 Å². The molecule has 0 amide bonds. The van der Waals surface area contributed by atoms with E-state index in [1.165, 1.54) is 140 Å². The van der Waals surface area contributed by atoms with Crippen LogP contribution in [0.4, 0.5) is 0 Å². The third-order valence-corrected chi connectivity index (χ3v) is 11.7. The molecule has 0 N–H and O–H groups in total. The van der Waals surface area contributed by atoms with Crippen molar-refractivity contribution in [2.75, 3.05) is 0 Å². The van der Waals surface area contributed by atoms with Crippen molar-refractivity contribution < 1.29 is 0 Å². The molecule has 0 atom stereocenters. The van der Waals surface area contributed by atoms with Gasteiger partial charge in [-0.05, 0) is 140 Å². The van der Waals surface area contributed by atoms with Crippen LogP contribution in [0.3, 0.4) is 0 Å². The Morgan fingerprint density at radius 1 is 0.167 bits per heavy atom. The summed E-state index contributed by atoms with van der Waals surface area (Å²) in [7, 11) is 0. The van der Waals surface area contributed by atoms with Gasteiger partial charge < -0.3 is 0 Å². The third kappa shape index (κ3) is 1.53. The maximum atomic E-state index is 2.45. The van der Waals surface area contributed by atoms with Gasteiger partial charge in [-0.15, -0.1) is 0 Å². The molecule has 0 bridgehead atoms. The number of hydrogen-bond acceptors (Lipinski definition) is 0. The average molecular weight is 521 g/mol. The van der Waals surface area contributed by atoms with E-state index >= 15 is 0 Å². The van der Waals surface area contributed by atoms with E-state index in [2.05, 4.69) is 97.1 Å². The molecule has 0 fully saturated rings. The molecular formula is C42H16. The van der Waals surface area contributed by atoms with Crippen LogP contribution in [0.25, 0.3) is 140 Å². The lowest BCUT2D eigenvalue weighted by Gasteiger charge is -2.16. The lowest BCUT2D eigenvalue weighted by molar-refractivity contribution is 1.87. The quantitative estimate of drug-likeness (QED) is 0.174. The van der Waals surface area contributed by atoms with E-state index in [9.17, 15) is 0 Å². The predicted octanol–water partition coefficient (Wildman–Crippen LogP) is 12.2. The fourth-order valence-corrected chi connectivity index (χ4v) is 10.4. The Kier molecular flexibility index (Phi) is 2.42. The van der Waals surface area contributed by atoms with Crippen molar-refractivity contribution in [1.29, 1.82) is 0 Å². The van der Waals surface area contributed by atoms with E-state index in [1.807, 2.05) is 0 Å². The highest BCUT2D eigenvalue weighted by molar-refractivity contribution is 6.61. The van der Waals surface area contributed by atoms with Crippen LogP contribution >= 0.6 is 0 Å². The molecule has 0 saturated carbocycles. The topological polar surface area (TPSA) is 0 Å². The van der Waals surface area contributed by atoms with Gasteiger partial charge in [0.25, 0.3) is 0 Å². The first kappa shape index (κ1) is 18.8. The van der Waals surface area contributed by atoms with Crippen LogP contribution in [0.15, 0.2) is 97.1 Å². The normalized spacial score (nSPS) is 14.2. The molecule has 14 aromatic carbocycles. The monoisotopic (exact) mass is 520 g/mol. The second kappa shape index (κ2) is 5.41. The molecule has 0 spiro atoms. The summed E-state index contributed by atoms with van der Waals surface area (Å²) in [6.07, 6.45) is 0. The molecule has 0 aliphatic carbocycles. The summed E-state index contributed by atoms with van der Waals surface area (Å²) in [5, 5.41) is 37.4. The average Bonchev–Trinajstić information content (AvgIpc) is 3.76. The minimum atomic E-state index is 1.35. The summed E-state index contributed by atoms with van der Waals surface area (Å²) in [6, 6.07) is 37.9. The smallest absolute Gasteiger partial charge is 0.0000699 e. The molecular weight excluding hydrogens is 504 g/mol. The summed E-state index contributed by atoms with van der Waals surface area (Å²) in [4.78, 5) is 0. The largest absolute Gasteiger partial charge is 0.0610 e. The number of benzene rings is 10. The minimum Gasteiger partial charge on any atom is -0.0610 e. The molecule has 0 radical (unpaired) electrons. The van der Waals surface area contributed by atoms with Gasteiger partial charge in [-0.25, -0.2) is 0 Å². The van der Waals surface area contributed by atoms with Gasteiger partial charge in [0.2, 0.25) is 0 Å². The molecule has 0 heterocycles. The third-order valence-electron chi connectivity index (χ3n) is 11.7. The van der Waals surface area contributed by atoms with Gasteiger partial charge in [0.15, 0.2) is 0 Å². The maximum absolute atomic E-state index is 2.45. The second-order valence-corrected chi connectivity index (χ2v) is 13.0. The summed E-state index contributed by atoms with van der Waals surface area (Å²) in [5.41, 5.74) is 0. The molecule has 0 heteroatoms. The first-order valence-electron chi connectivity index (χ1n) is 15.0. The number of rotatable bonds is 0. The Bertz CT molecular complexity index is 3200. The van der Waals surface area contributed by atoms with Gasteiger partial charge in [0, 0.05) is 0 Å². The Morgan fingerprint density at radius 2 is 0.429 bits per heavy atom. The van der Waals surface area contributed by atoms with Gasteiger partial charge in [-0.1, -0.05) is 97.1 Å². The molecule has 0 nitrogen and oxygen atoms in total. The SMILES string of the molecule is c1cc2ccc3c4c2c(c1)c1ccc2c5ccc6c7ccc8c9cccc%10ccc%11c(c%109)c8c7c7c6c5c(c2c14)c3c%117. The van der Waals surface area contributed by atoms with E-state index in [4.69, 9.17) is 0 Å². The van der Waals surface area contributed by atoms with E-state index in [0.717, 1.165) is 0 Å². The number of fused-ring (bicyclic) bond motifs is 7. The van der Waals surface area contributed by atoms with Crippen molar-refractivity contribution in [3.8, 4) is 0 Å². The lowest BCUT2D eigenvalue weighted by atomic mass is 9.85. The zero-order valence-corrected chi connectivity index (χ0v) is 22.2. The first-order chi connectivity index (χ1) is 20.9. The van der Waals surface area contributed by atoms with Crippen molar-refractivity contribution in [1.82, 2.24) is 0 Å². The zero-order chi connectivity index (χ0) is 26.3. The van der Waals surface area contributed by atoms with Gasteiger partial charge in [-0.3, -0.25) is 0 Å². The fraction of sp³-hybridized carbons (Fsp3) is 0. The first-order valence-corrected chi connectivity index (χ1v) is 15.0. The van der Waals surface area contributed by atoms with Crippen LogP contribution in [0.2, 0.25) is 0 Å². The minimum absolute atomic E-state index is 1.35. The second-order valence-electron chi connectivity index (χ2n) is 13.0. The van der Waals surface area contributed by atoms with Gasteiger partial charge in [0.05, 0.1) is 0 Å². The van der Waals surface area contributed by atoms with Crippen LogP contribution in [-0.4, -0.2) is 0 Å². The van der Waals surface area contributed by atoms with Gasteiger partial charge in [0.1, 0.15) is 0 Å². The molecule has 0 saturated heterocycles. The molecule has 14 rings (SSSR count). The Morgan fingerprint density at radius 3 is 0.810 bits per heavy atom. The van der Waals surface area contributed by atoms with Crippen molar-refractivity contribution in [3.05, 3.63) is 97.1 Å². The predicted molar refractivity (Wildman–Crippen MR) is 184 cm³/mol. The Hall–Kier alpha value is -5.46. The molecule has 184 valence electrons. The van der Waals surface area contributed by atoms with E-state index in [1.54, 1.807) is 0 Å². The molecule has 0 unspecified atom stereocenters. The lowest BCUT2D eigenvalue weighted by Crippen LogP contribution is -1.87. The van der Waals surface area contributed by atoms with Gasteiger partial charge in [-0.2, -0.15) is 0 Å². The molecule has 0 aromatic heterocycles. The molecule has 14 aromatic rings. The maximum Gasteiger partial charge on any atom is -0.0000699 e. The molecule has 0 aliphatic rings. The van der Waals surface area contributed by atoms with Crippen LogP contribution in [-0.2, 0) is 0 Å². The van der Waals surface area contributed by atoms with Crippen LogP contribution in [0, 0.1) is 0 Å². The highest BCUT2D eigenvalue weighted by Crippen LogP contribution is 2.61. The van der Waals surface area contributed by atoms with Crippen molar-refractivity contribution in [2.24, 2.45) is 0 Å². The van der Waals surface area contributed by atoms with Crippen LogP contribution in [0.5, 0.6) is 0 Å². The van der Waals surface area contributed by atoms with Crippen LogP contribution in [0.1, 0.15) is 0 Å². The zero-order valence-electron chi connectivity index (χ0n) is 22.2. The Balaban J connectivity index is 1.51. The van der Waals surface area contributed by atoms with E-state index < -0.39 is 0 Å². The highest BCUT2D eigenvalue weighted by Gasteiger charge is 2.32. The van der Waals surface area contributed by atoms with E-state index in [0.29, 0.717) is 0 Å². The molecule has 0 aliphatic heterocycles. The summed E-state index contributed by atoms with van der Waals surface area (Å²) < 4.78 is 0. The Labute approximate surface area is 236 Å². The van der Waals surface area contributed by atoms with Crippen molar-refractivity contribution in [2.45, 2.75) is 0 Å². The fourth-order valence-electron chi connectivity index (χ4n) is 10.4. The number of hydrogen-bond donors (Lipinski definition) is 0. The summed E-state index contributed by atoms with van der Waals surface area (Å²) >= 11 is 0. The summed E-state index contributed by atoms with van der Waals surface area (Å²) in [5.74, 6) is 0. The summed E-state index contributed by atoms with van der Waals surface area (Å²) in [6.45, 7) is 0. The molecule has 42 heavy (non-hydrogen) atoms. The van der Waals surface area contributed by atoms with Gasteiger partial charge >= 0.3 is 0 Å². The van der Waals surface area contributed by atoms with Crippen molar-refractivity contribution >= 4 is 140 Å². The standard InChI is InChI=1S/C42H16/c1-3-17-7-9-27-37-29(17)19(5-1)21-11-13-23-25-15-16-26-24-14-12-22-20-6-2-4-18-8-10-28-38(30(18)20)32(22)34(24)42-36(26)35(25)41(33(23)31(21)37)39(27)40(28)42/h1-16H.